The number of aliphatic carboxylic acids is 1. The zero-order valence-electron chi connectivity index (χ0n) is 7.80. The second-order valence-corrected chi connectivity index (χ2v) is 4.14. The monoisotopic (exact) mass is 212 g/mol. The summed E-state index contributed by atoms with van der Waals surface area (Å²) < 4.78 is 0. The highest BCUT2D eigenvalue weighted by Crippen LogP contribution is 2.22. The van der Waals surface area contributed by atoms with Gasteiger partial charge in [-0.3, -0.25) is 4.79 Å². The van der Waals surface area contributed by atoms with Crippen molar-refractivity contribution in [2.75, 3.05) is 5.75 Å². The third kappa shape index (κ3) is 3.30. The minimum atomic E-state index is -0.781. The van der Waals surface area contributed by atoms with Gasteiger partial charge in [0.2, 0.25) is 0 Å². The number of carboxylic acids is 1. The normalized spacial score (nSPS) is 12.4. The third-order valence-corrected chi connectivity index (χ3v) is 3.03. The molecule has 1 atom stereocenters. The van der Waals surface area contributed by atoms with E-state index in [4.69, 9.17) is 10.2 Å². The fourth-order valence-corrected chi connectivity index (χ4v) is 1.75. The molecule has 0 bridgehead atoms. The van der Waals surface area contributed by atoms with Crippen LogP contribution in [0.25, 0.3) is 0 Å². The number of phenolic OH excluding ortho intramolecular Hbond substituents is 1. The second-order valence-electron chi connectivity index (χ2n) is 3.04. The first-order chi connectivity index (χ1) is 6.59. The number of hydrogen-bond donors (Lipinski definition) is 2. The molecule has 1 aromatic carbocycles. The molecule has 14 heavy (non-hydrogen) atoms. The molecular weight excluding hydrogens is 200 g/mol. The first kappa shape index (κ1) is 10.9. The molecule has 0 aliphatic rings. The molecule has 0 aromatic heterocycles. The van der Waals surface area contributed by atoms with E-state index in [1.165, 1.54) is 11.8 Å². The van der Waals surface area contributed by atoms with Gasteiger partial charge in [-0.15, -0.1) is 11.8 Å². The van der Waals surface area contributed by atoms with Gasteiger partial charge in [-0.05, 0) is 24.3 Å². The van der Waals surface area contributed by atoms with Gasteiger partial charge in [-0.2, -0.15) is 0 Å². The quantitative estimate of drug-likeness (QED) is 0.751. The molecule has 0 saturated heterocycles. The summed E-state index contributed by atoms with van der Waals surface area (Å²) >= 11 is 1.47. The van der Waals surface area contributed by atoms with Crippen LogP contribution in [-0.4, -0.2) is 21.9 Å². The van der Waals surface area contributed by atoms with Crippen LogP contribution in [0.5, 0.6) is 5.75 Å². The zero-order chi connectivity index (χ0) is 10.6. The molecule has 1 aromatic rings. The van der Waals surface area contributed by atoms with Crippen molar-refractivity contribution in [3.63, 3.8) is 0 Å². The van der Waals surface area contributed by atoms with Gasteiger partial charge < -0.3 is 10.2 Å². The molecule has 0 aliphatic heterocycles. The fraction of sp³-hybridized carbons (Fsp3) is 0.300. The predicted molar refractivity (Wildman–Crippen MR) is 55.6 cm³/mol. The van der Waals surface area contributed by atoms with Crippen molar-refractivity contribution >= 4 is 17.7 Å². The Kier molecular flexibility index (Phi) is 3.83. The van der Waals surface area contributed by atoms with Crippen LogP contribution >= 0.6 is 11.8 Å². The highest BCUT2D eigenvalue weighted by atomic mass is 32.2. The number of carboxylic acid groups (broad SMARTS) is 1. The molecule has 0 aliphatic carbocycles. The lowest BCUT2D eigenvalue weighted by Gasteiger charge is -2.05. The second kappa shape index (κ2) is 4.91. The van der Waals surface area contributed by atoms with E-state index < -0.39 is 5.97 Å². The molecule has 0 heterocycles. The molecule has 1 unspecified atom stereocenters. The van der Waals surface area contributed by atoms with Crippen LogP contribution in [0.4, 0.5) is 0 Å². The van der Waals surface area contributed by atoms with Gasteiger partial charge in [0.15, 0.2) is 0 Å². The number of aromatic hydroxyl groups is 1. The van der Waals surface area contributed by atoms with E-state index in [1.807, 2.05) is 0 Å². The Morgan fingerprint density at radius 1 is 1.43 bits per heavy atom. The molecule has 1 rings (SSSR count). The van der Waals surface area contributed by atoms with Gasteiger partial charge in [0, 0.05) is 10.6 Å². The van der Waals surface area contributed by atoms with Gasteiger partial charge in [0.1, 0.15) is 5.75 Å². The fourth-order valence-electron chi connectivity index (χ4n) is 0.835. The van der Waals surface area contributed by atoms with Crippen LogP contribution in [0.2, 0.25) is 0 Å². The summed E-state index contributed by atoms with van der Waals surface area (Å²) in [6.45, 7) is 1.68. The largest absolute Gasteiger partial charge is 0.508 e. The number of rotatable bonds is 4. The molecule has 4 heteroatoms. The third-order valence-electron chi connectivity index (χ3n) is 1.76. The summed E-state index contributed by atoms with van der Waals surface area (Å²) in [7, 11) is 0. The average Bonchev–Trinajstić information content (AvgIpc) is 2.16. The van der Waals surface area contributed by atoms with Crippen LogP contribution < -0.4 is 0 Å². The Balaban J connectivity index is 2.46. The van der Waals surface area contributed by atoms with Crippen LogP contribution in [0.1, 0.15) is 6.92 Å². The summed E-state index contributed by atoms with van der Waals surface area (Å²) in [4.78, 5) is 11.5. The van der Waals surface area contributed by atoms with E-state index in [0.29, 0.717) is 5.75 Å². The highest BCUT2D eigenvalue weighted by Gasteiger charge is 2.10. The molecule has 0 fully saturated rings. The van der Waals surface area contributed by atoms with E-state index in [2.05, 4.69) is 0 Å². The maximum atomic E-state index is 10.5. The standard InChI is InChI=1S/C10H12O3S/c1-7(10(12)13)6-14-9-4-2-8(11)3-5-9/h2-5,7,11H,6H2,1H3,(H,12,13). The van der Waals surface area contributed by atoms with Crippen molar-refractivity contribution in [2.45, 2.75) is 11.8 Å². The van der Waals surface area contributed by atoms with Crippen molar-refractivity contribution in [1.29, 1.82) is 0 Å². The zero-order valence-corrected chi connectivity index (χ0v) is 8.62. The van der Waals surface area contributed by atoms with Crippen molar-refractivity contribution < 1.29 is 15.0 Å². The van der Waals surface area contributed by atoms with Crippen molar-refractivity contribution in [2.24, 2.45) is 5.92 Å². The van der Waals surface area contributed by atoms with Crippen LogP contribution in [0, 0.1) is 5.92 Å². The van der Waals surface area contributed by atoms with Gasteiger partial charge in [-0.1, -0.05) is 6.92 Å². The van der Waals surface area contributed by atoms with Gasteiger partial charge in [-0.25, -0.2) is 0 Å². The van der Waals surface area contributed by atoms with E-state index >= 15 is 0 Å². The highest BCUT2D eigenvalue weighted by molar-refractivity contribution is 7.99. The van der Waals surface area contributed by atoms with Crippen LogP contribution in [-0.2, 0) is 4.79 Å². The molecule has 0 spiro atoms. The van der Waals surface area contributed by atoms with Gasteiger partial charge in [0.25, 0.3) is 0 Å². The number of hydrogen-bond acceptors (Lipinski definition) is 3. The smallest absolute Gasteiger partial charge is 0.307 e. The first-order valence-electron chi connectivity index (χ1n) is 4.24. The Bertz CT molecular complexity index is 308. The summed E-state index contributed by atoms with van der Waals surface area (Å²) in [6, 6.07) is 6.73. The van der Waals surface area contributed by atoms with Gasteiger partial charge in [0.05, 0.1) is 5.92 Å². The lowest BCUT2D eigenvalue weighted by Crippen LogP contribution is -2.11. The minimum absolute atomic E-state index is 0.223. The Labute approximate surface area is 86.8 Å². The van der Waals surface area contributed by atoms with E-state index in [0.717, 1.165) is 4.90 Å². The molecule has 2 N–H and O–H groups in total. The maximum Gasteiger partial charge on any atom is 0.307 e. The SMILES string of the molecule is CC(CSc1ccc(O)cc1)C(=O)O. The number of thioether (sulfide) groups is 1. The molecule has 0 radical (unpaired) electrons. The number of carbonyl (C=O) groups is 1. The summed E-state index contributed by atoms with van der Waals surface area (Å²) in [5, 5.41) is 17.7. The Hall–Kier alpha value is -1.16. The first-order valence-corrected chi connectivity index (χ1v) is 5.23. The number of benzene rings is 1. The van der Waals surface area contributed by atoms with Crippen LogP contribution in [0.15, 0.2) is 29.2 Å². The summed E-state index contributed by atoms with van der Waals surface area (Å²) in [5.74, 6) is -0.370. The predicted octanol–water partition coefficient (Wildman–Crippen LogP) is 2.20. The van der Waals surface area contributed by atoms with Gasteiger partial charge >= 0.3 is 5.97 Å². The molecule has 0 amide bonds. The number of phenols is 1. The lowest BCUT2D eigenvalue weighted by molar-refractivity contribution is -0.140. The molecule has 76 valence electrons. The van der Waals surface area contributed by atoms with Crippen molar-refractivity contribution in [1.82, 2.24) is 0 Å². The van der Waals surface area contributed by atoms with E-state index in [9.17, 15) is 4.79 Å². The van der Waals surface area contributed by atoms with Crippen molar-refractivity contribution in [3.8, 4) is 5.75 Å². The molecule has 3 nitrogen and oxygen atoms in total. The topological polar surface area (TPSA) is 57.5 Å². The minimum Gasteiger partial charge on any atom is -0.508 e. The van der Waals surface area contributed by atoms with Crippen molar-refractivity contribution in [3.05, 3.63) is 24.3 Å². The summed E-state index contributed by atoms with van der Waals surface area (Å²) in [5.41, 5.74) is 0. The molecule has 0 saturated carbocycles. The van der Waals surface area contributed by atoms with Crippen LogP contribution in [0.3, 0.4) is 0 Å². The molecular formula is C10H12O3S. The lowest BCUT2D eigenvalue weighted by atomic mass is 10.2. The Morgan fingerprint density at radius 2 is 2.00 bits per heavy atom. The van der Waals surface area contributed by atoms with E-state index in [-0.39, 0.29) is 11.7 Å². The Morgan fingerprint density at radius 3 is 2.50 bits per heavy atom. The average molecular weight is 212 g/mol. The maximum absolute atomic E-state index is 10.5. The summed E-state index contributed by atoms with van der Waals surface area (Å²) in [6.07, 6.45) is 0. The van der Waals surface area contributed by atoms with E-state index in [1.54, 1.807) is 31.2 Å².